The van der Waals surface area contributed by atoms with Gasteiger partial charge in [0.25, 0.3) is 0 Å². The molecule has 0 atom stereocenters. The van der Waals surface area contributed by atoms with E-state index in [0.717, 1.165) is 19.2 Å². The standard InChI is InChI=1S/C13H19NOS/c1-2-11(3-1)15-9-13-7-6-12(16-13)8-14-10-4-5-10/h6-7,10-11,14H,1-5,8-9H2. The maximum atomic E-state index is 5.81. The van der Waals surface area contributed by atoms with E-state index >= 15 is 0 Å². The third-order valence-electron chi connectivity index (χ3n) is 3.37. The zero-order chi connectivity index (χ0) is 10.8. The number of thiophene rings is 1. The van der Waals surface area contributed by atoms with Gasteiger partial charge in [-0.05, 0) is 44.2 Å². The molecule has 2 nitrogen and oxygen atoms in total. The molecule has 2 fully saturated rings. The van der Waals surface area contributed by atoms with Gasteiger partial charge in [-0.2, -0.15) is 0 Å². The number of hydrogen-bond acceptors (Lipinski definition) is 3. The molecule has 1 aromatic rings. The Bertz CT molecular complexity index is 341. The summed E-state index contributed by atoms with van der Waals surface area (Å²) in [5.41, 5.74) is 0. The average Bonchev–Trinajstić information content (AvgIpc) is 2.94. The normalized spacial score (nSPS) is 21.0. The van der Waals surface area contributed by atoms with Crippen LogP contribution in [-0.4, -0.2) is 12.1 Å². The Kier molecular flexibility index (Phi) is 3.27. The first-order valence-corrected chi connectivity index (χ1v) is 7.14. The predicted molar refractivity (Wildman–Crippen MR) is 66.6 cm³/mol. The molecule has 0 aliphatic heterocycles. The molecule has 1 N–H and O–H groups in total. The third kappa shape index (κ3) is 2.84. The lowest BCUT2D eigenvalue weighted by atomic mass is 9.96. The van der Waals surface area contributed by atoms with Gasteiger partial charge in [0.2, 0.25) is 0 Å². The third-order valence-corrected chi connectivity index (χ3v) is 4.43. The Morgan fingerprint density at radius 2 is 2.00 bits per heavy atom. The molecule has 3 rings (SSSR count). The van der Waals surface area contributed by atoms with Crippen LogP contribution in [0.3, 0.4) is 0 Å². The van der Waals surface area contributed by atoms with Crippen LogP contribution in [0, 0.1) is 0 Å². The summed E-state index contributed by atoms with van der Waals surface area (Å²) in [6.07, 6.45) is 7.16. The molecule has 2 aliphatic rings. The van der Waals surface area contributed by atoms with Gasteiger partial charge in [-0.1, -0.05) is 0 Å². The summed E-state index contributed by atoms with van der Waals surface area (Å²) in [5, 5.41) is 3.54. The summed E-state index contributed by atoms with van der Waals surface area (Å²) in [6, 6.07) is 5.25. The highest BCUT2D eigenvalue weighted by Crippen LogP contribution is 2.25. The van der Waals surface area contributed by atoms with E-state index in [0.29, 0.717) is 6.10 Å². The second-order valence-corrected chi connectivity index (χ2v) is 6.14. The molecule has 88 valence electrons. The Balaban J connectivity index is 1.43. The number of rotatable bonds is 6. The summed E-state index contributed by atoms with van der Waals surface area (Å²) >= 11 is 1.89. The second-order valence-electron chi connectivity index (χ2n) is 4.89. The Hall–Kier alpha value is -0.380. The fraction of sp³-hybridized carbons (Fsp3) is 0.692. The molecule has 0 bridgehead atoms. The maximum absolute atomic E-state index is 5.81. The Labute approximate surface area is 101 Å². The lowest BCUT2D eigenvalue weighted by Crippen LogP contribution is -2.20. The molecular weight excluding hydrogens is 218 g/mol. The molecule has 2 saturated carbocycles. The Morgan fingerprint density at radius 1 is 1.19 bits per heavy atom. The van der Waals surface area contributed by atoms with E-state index in [9.17, 15) is 0 Å². The fourth-order valence-electron chi connectivity index (χ4n) is 1.86. The van der Waals surface area contributed by atoms with Crippen molar-refractivity contribution in [2.75, 3.05) is 0 Å². The summed E-state index contributed by atoms with van der Waals surface area (Å²) in [7, 11) is 0. The van der Waals surface area contributed by atoms with Crippen LogP contribution in [-0.2, 0) is 17.9 Å². The van der Waals surface area contributed by atoms with E-state index in [1.54, 1.807) is 0 Å². The quantitative estimate of drug-likeness (QED) is 0.821. The highest BCUT2D eigenvalue weighted by molar-refractivity contribution is 7.11. The van der Waals surface area contributed by atoms with Gasteiger partial charge in [0.15, 0.2) is 0 Å². The molecule has 0 aromatic carbocycles. The predicted octanol–water partition coefficient (Wildman–Crippen LogP) is 3.07. The first kappa shape index (κ1) is 10.8. The minimum Gasteiger partial charge on any atom is -0.373 e. The van der Waals surface area contributed by atoms with Crippen LogP contribution < -0.4 is 5.32 Å². The highest BCUT2D eigenvalue weighted by atomic mass is 32.1. The minimum absolute atomic E-state index is 0.551. The molecule has 16 heavy (non-hydrogen) atoms. The van der Waals surface area contributed by atoms with Crippen LogP contribution in [0.4, 0.5) is 0 Å². The van der Waals surface area contributed by atoms with E-state index in [-0.39, 0.29) is 0 Å². The van der Waals surface area contributed by atoms with Gasteiger partial charge in [0, 0.05) is 22.3 Å². The monoisotopic (exact) mass is 237 g/mol. The number of ether oxygens (including phenoxy) is 1. The van der Waals surface area contributed by atoms with Crippen molar-refractivity contribution in [2.24, 2.45) is 0 Å². The zero-order valence-corrected chi connectivity index (χ0v) is 10.4. The fourth-order valence-corrected chi connectivity index (χ4v) is 2.76. The topological polar surface area (TPSA) is 21.3 Å². The van der Waals surface area contributed by atoms with Crippen LogP contribution in [0.25, 0.3) is 0 Å². The second kappa shape index (κ2) is 4.86. The highest BCUT2D eigenvalue weighted by Gasteiger charge is 2.20. The van der Waals surface area contributed by atoms with E-state index in [2.05, 4.69) is 17.4 Å². The first-order chi connectivity index (χ1) is 7.90. The van der Waals surface area contributed by atoms with Crippen LogP contribution in [0.2, 0.25) is 0 Å². The van der Waals surface area contributed by atoms with E-state index in [4.69, 9.17) is 4.74 Å². The Morgan fingerprint density at radius 3 is 2.69 bits per heavy atom. The number of hydrogen-bond donors (Lipinski definition) is 1. The van der Waals surface area contributed by atoms with E-state index in [1.165, 1.54) is 41.9 Å². The summed E-state index contributed by atoms with van der Waals surface area (Å²) in [5.74, 6) is 0. The minimum atomic E-state index is 0.551. The molecule has 1 heterocycles. The molecule has 3 heteroatoms. The SMILES string of the molecule is c1cc(COC2CCC2)sc1CNC1CC1. The van der Waals surface area contributed by atoms with Crippen LogP contribution in [0.1, 0.15) is 41.9 Å². The number of nitrogens with one attached hydrogen (secondary N) is 1. The molecule has 0 saturated heterocycles. The van der Waals surface area contributed by atoms with Crippen molar-refractivity contribution >= 4 is 11.3 Å². The van der Waals surface area contributed by atoms with Crippen LogP contribution in [0.15, 0.2) is 12.1 Å². The van der Waals surface area contributed by atoms with Gasteiger partial charge in [-0.25, -0.2) is 0 Å². The lowest BCUT2D eigenvalue weighted by Gasteiger charge is -2.25. The molecule has 0 unspecified atom stereocenters. The van der Waals surface area contributed by atoms with Gasteiger partial charge >= 0.3 is 0 Å². The van der Waals surface area contributed by atoms with Crippen molar-refractivity contribution in [1.29, 1.82) is 0 Å². The molecule has 0 amide bonds. The average molecular weight is 237 g/mol. The van der Waals surface area contributed by atoms with Gasteiger partial charge in [0.1, 0.15) is 0 Å². The summed E-state index contributed by atoms with van der Waals surface area (Å²) in [6.45, 7) is 1.86. The van der Waals surface area contributed by atoms with Gasteiger partial charge in [-0.15, -0.1) is 11.3 Å². The van der Waals surface area contributed by atoms with Crippen LogP contribution in [0.5, 0.6) is 0 Å². The summed E-state index contributed by atoms with van der Waals surface area (Å²) < 4.78 is 5.81. The smallest absolute Gasteiger partial charge is 0.0813 e. The molecule has 0 spiro atoms. The van der Waals surface area contributed by atoms with E-state index in [1.807, 2.05) is 11.3 Å². The van der Waals surface area contributed by atoms with Gasteiger partial charge in [-0.3, -0.25) is 0 Å². The summed E-state index contributed by atoms with van der Waals surface area (Å²) in [4.78, 5) is 2.82. The van der Waals surface area contributed by atoms with Crippen molar-refractivity contribution in [3.8, 4) is 0 Å². The van der Waals surface area contributed by atoms with Crippen molar-refractivity contribution in [1.82, 2.24) is 5.32 Å². The van der Waals surface area contributed by atoms with Crippen LogP contribution >= 0.6 is 11.3 Å². The van der Waals surface area contributed by atoms with E-state index < -0.39 is 0 Å². The van der Waals surface area contributed by atoms with Gasteiger partial charge < -0.3 is 10.1 Å². The van der Waals surface area contributed by atoms with Crippen molar-refractivity contribution in [3.05, 3.63) is 21.9 Å². The first-order valence-electron chi connectivity index (χ1n) is 6.33. The maximum Gasteiger partial charge on any atom is 0.0813 e. The molecule has 2 aliphatic carbocycles. The zero-order valence-electron chi connectivity index (χ0n) is 9.58. The largest absolute Gasteiger partial charge is 0.373 e. The van der Waals surface area contributed by atoms with Crippen molar-refractivity contribution in [3.63, 3.8) is 0 Å². The molecule has 0 radical (unpaired) electrons. The van der Waals surface area contributed by atoms with Gasteiger partial charge in [0.05, 0.1) is 12.7 Å². The lowest BCUT2D eigenvalue weighted by molar-refractivity contribution is -0.00744. The molecular formula is C13H19NOS. The van der Waals surface area contributed by atoms with Crippen molar-refractivity contribution < 1.29 is 4.74 Å². The molecule has 1 aromatic heterocycles. The van der Waals surface area contributed by atoms with Crippen molar-refractivity contribution in [2.45, 2.75) is 57.4 Å².